The number of aryl methyl sites for hydroxylation is 1. The summed E-state index contributed by atoms with van der Waals surface area (Å²) >= 11 is 0. The van der Waals surface area contributed by atoms with Crippen molar-refractivity contribution >= 4 is 21.8 Å². The fraction of sp³-hybridized carbons (Fsp3) is 0.0909. The minimum absolute atomic E-state index is 0.350. The molecule has 0 radical (unpaired) electrons. The van der Waals surface area contributed by atoms with E-state index in [2.05, 4.69) is 133 Å². The van der Waals surface area contributed by atoms with Crippen LogP contribution in [0, 0.1) is 0 Å². The molecule has 0 unspecified atom stereocenters. The van der Waals surface area contributed by atoms with Crippen LogP contribution in [0.5, 0.6) is 0 Å². The second-order valence-corrected chi connectivity index (χ2v) is 9.20. The first-order valence-electron chi connectivity index (χ1n) is 12.1. The first-order valence-corrected chi connectivity index (χ1v) is 12.1. The maximum atomic E-state index is 2.48. The van der Waals surface area contributed by atoms with Crippen LogP contribution < -0.4 is 0 Å². The fourth-order valence-electron chi connectivity index (χ4n) is 6.32. The quantitative estimate of drug-likeness (QED) is 0.264. The summed E-state index contributed by atoms with van der Waals surface area (Å²) in [4.78, 5) is 0. The Morgan fingerprint density at radius 1 is 0.529 bits per heavy atom. The van der Waals surface area contributed by atoms with Gasteiger partial charge in [-0.15, -0.1) is 0 Å². The van der Waals surface area contributed by atoms with Crippen LogP contribution >= 0.6 is 0 Å². The molecule has 0 aliphatic heterocycles. The minimum Gasteiger partial charge on any atom is -0.341 e. The highest BCUT2D eigenvalue weighted by Gasteiger charge is 2.46. The molecule has 0 fully saturated rings. The Balaban J connectivity index is 1.70. The van der Waals surface area contributed by atoms with Crippen molar-refractivity contribution in [3.05, 3.63) is 144 Å². The van der Waals surface area contributed by atoms with Crippen molar-refractivity contribution in [2.45, 2.75) is 18.9 Å². The minimum atomic E-state index is -0.350. The molecule has 1 aliphatic carbocycles. The van der Waals surface area contributed by atoms with Crippen LogP contribution in [-0.2, 0) is 12.0 Å². The van der Waals surface area contributed by atoms with Gasteiger partial charge in [0.05, 0.1) is 5.41 Å². The standard InChI is InChI=1S/C33H25N/c1-2-34-31-20-12-10-18-26(31)28-21-27-25-17-9-11-19-29(25)33(30(27)22-32(28)34,23-13-5-3-6-14-23)24-15-7-4-8-16-24/h3-22H,2H2,1H3. The molecule has 6 aromatic rings. The van der Waals surface area contributed by atoms with Crippen molar-refractivity contribution in [1.29, 1.82) is 0 Å². The maximum Gasteiger partial charge on any atom is 0.0714 e. The third-order valence-corrected chi connectivity index (χ3v) is 7.67. The molecule has 1 nitrogen and oxygen atoms in total. The Labute approximate surface area is 199 Å². The van der Waals surface area contributed by atoms with Crippen LogP contribution in [0.1, 0.15) is 29.2 Å². The molecule has 0 saturated heterocycles. The number of para-hydroxylation sites is 1. The molecule has 0 amide bonds. The monoisotopic (exact) mass is 435 g/mol. The SMILES string of the molecule is CCn1c2ccccc2c2cc3c(cc21)C(c1ccccc1)(c1ccccc1)c1ccccc1-3. The van der Waals surface area contributed by atoms with E-state index in [0.29, 0.717) is 0 Å². The maximum absolute atomic E-state index is 2.48. The van der Waals surface area contributed by atoms with Gasteiger partial charge in [-0.05, 0) is 58.5 Å². The van der Waals surface area contributed by atoms with Gasteiger partial charge < -0.3 is 4.57 Å². The smallest absolute Gasteiger partial charge is 0.0714 e. The van der Waals surface area contributed by atoms with Gasteiger partial charge in [0.15, 0.2) is 0 Å². The predicted octanol–water partition coefficient (Wildman–Crippen LogP) is 8.18. The summed E-state index contributed by atoms with van der Waals surface area (Å²) in [5.74, 6) is 0. The highest BCUT2D eigenvalue weighted by Crippen LogP contribution is 2.57. The zero-order chi connectivity index (χ0) is 22.7. The number of benzene rings is 5. The van der Waals surface area contributed by atoms with Gasteiger partial charge in [0.2, 0.25) is 0 Å². The van der Waals surface area contributed by atoms with Crippen molar-refractivity contribution < 1.29 is 0 Å². The van der Waals surface area contributed by atoms with E-state index < -0.39 is 0 Å². The zero-order valence-electron chi connectivity index (χ0n) is 19.2. The molecular weight excluding hydrogens is 410 g/mol. The third kappa shape index (κ3) is 2.39. The van der Waals surface area contributed by atoms with Crippen LogP contribution in [0.3, 0.4) is 0 Å². The van der Waals surface area contributed by atoms with Gasteiger partial charge >= 0.3 is 0 Å². The lowest BCUT2D eigenvalue weighted by atomic mass is 9.67. The molecule has 1 heteroatoms. The molecule has 0 N–H and O–H groups in total. The van der Waals surface area contributed by atoms with Crippen LogP contribution in [0.4, 0.5) is 0 Å². The summed E-state index contributed by atoms with van der Waals surface area (Å²) in [5, 5.41) is 2.67. The molecule has 0 saturated carbocycles. The summed E-state index contributed by atoms with van der Waals surface area (Å²) in [6.07, 6.45) is 0. The van der Waals surface area contributed by atoms with E-state index in [1.807, 2.05) is 0 Å². The Morgan fingerprint density at radius 2 is 1.15 bits per heavy atom. The molecule has 1 heterocycles. The zero-order valence-corrected chi connectivity index (χ0v) is 19.2. The van der Waals surface area contributed by atoms with Crippen LogP contribution in [-0.4, -0.2) is 4.57 Å². The van der Waals surface area contributed by atoms with E-state index in [1.54, 1.807) is 0 Å². The van der Waals surface area contributed by atoms with E-state index >= 15 is 0 Å². The topological polar surface area (TPSA) is 4.93 Å². The summed E-state index contributed by atoms with van der Waals surface area (Å²) in [5.41, 5.74) is 10.3. The van der Waals surface area contributed by atoms with Gasteiger partial charge in [-0.3, -0.25) is 0 Å². The van der Waals surface area contributed by atoms with E-state index in [4.69, 9.17) is 0 Å². The Hall–Kier alpha value is -4.10. The number of fused-ring (bicyclic) bond motifs is 6. The van der Waals surface area contributed by atoms with E-state index in [-0.39, 0.29) is 5.41 Å². The molecule has 0 spiro atoms. The summed E-state index contributed by atoms with van der Waals surface area (Å²) in [6, 6.07) is 44.8. The number of nitrogens with zero attached hydrogens (tertiary/aromatic N) is 1. The normalized spacial score (nSPS) is 13.8. The average Bonchev–Trinajstić information content (AvgIpc) is 3.38. The first-order chi connectivity index (χ1) is 16.8. The van der Waals surface area contributed by atoms with Gasteiger partial charge in [0, 0.05) is 28.4 Å². The molecule has 7 rings (SSSR count). The largest absolute Gasteiger partial charge is 0.341 e. The number of hydrogen-bond donors (Lipinski definition) is 0. The summed E-state index contributed by atoms with van der Waals surface area (Å²) in [7, 11) is 0. The van der Waals surface area contributed by atoms with Gasteiger partial charge in [0.25, 0.3) is 0 Å². The van der Waals surface area contributed by atoms with Crippen molar-refractivity contribution in [3.8, 4) is 11.1 Å². The lowest BCUT2D eigenvalue weighted by molar-refractivity contribution is 0.766. The van der Waals surface area contributed by atoms with Crippen molar-refractivity contribution in [2.24, 2.45) is 0 Å². The van der Waals surface area contributed by atoms with Gasteiger partial charge in [0.1, 0.15) is 0 Å². The molecule has 5 aromatic carbocycles. The number of rotatable bonds is 3. The van der Waals surface area contributed by atoms with Crippen molar-refractivity contribution in [3.63, 3.8) is 0 Å². The van der Waals surface area contributed by atoms with Crippen LogP contribution in [0.2, 0.25) is 0 Å². The molecule has 1 aromatic heterocycles. The second kappa shape index (κ2) is 7.20. The van der Waals surface area contributed by atoms with Crippen molar-refractivity contribution in [1.82, 2.24) is 4.57 Å². The van der Waals surface area contributed by atoms with Gasteiger partial charge in [-0.2, -0.15) is 0 Å². The molecule has 162 valence electrons. The fourth-order valence-corrected chi connectivity index (χ4v) is 6.32. The van der Waals surface area contributed by atoms with Crippen LogP contribution in [0.25, 0.3) is 32.9 Å². The van der Waals surface area contributed by atoms with E-state index in [1.165, 1.54) is 55.2 Å². The highest BCUT2D eigenvalue weighted by atomic mass is 15.0. The average molecular weight is 436 g/mol. The molecular formula is C33H25N. The highest BCUT2D eigenvalue weighted by molar-refractivity contribution is 6.11. The number of hydrogen-bond acceptors (Lipinski definition) is 0. The predicted molar refractivity (Wildman–Crippen MR) is 142 cm³/mol. The van der Waals surface area contributed by atoms with Crippen molar-refractivity contribution in [2.75, 3.05) is 0 Å². The van der Waals surface area contributed by atoms with Gasteiger partial charge in [-0.25, -0.2) is 0 Å². The van der Waals surface area contributed by atoms with Crippen LogP contribution in [0.15, 0.2) is 121 Å². The molecule has 0 bridgehead atoms. The Bertz CT molecular complexity index is 1630. The van der Waals surface area contributed by atoms with E-state index in [0.717, 1.165) is 6.54 Å². The first kappa shape index (κ1) is 19.4. The summed E-state index contributed by atoms with van der Waals surface area (Å²) < 4.78 is 2.47. The third-order valence-electron chi connectivity index (χ3n) is 7.67. The Morgan fingerprint density at radius 3 is 1.85 bits per heavy atom. The van der Waals surface area contributed by atoms with E-state index in [9.17, 15) is 0 Å². The second-order valence-electron chi connectivity index (χ2n) is 9.20. The van der Waals surface area contributed by atoms with Gasteiger partial charge in [-0.1, -0.05) is 103 Å². The lowest BCUT2D eigenvalue weighted by Gasteiger charge is -2.34. The summed E-state index contributed by atoms with van der Waals surface area (Å²) in [6.45, 7) is 3.19. The molecule has 1 aliphatic rings. The molecule has 34 heavy (non-hydrogen) atoms. The molecule has 0 atom stereocenters. The Kier molecular flexibility index (Phi) is 4.10. The number of aromatic nitrogens is 1. The lowest BCUT2D eigenvalue weighted by Crippen LogP contribution is -2.28.